The predicted octanol–water partition coefficient (Wildman–Crippen LogP) is 4.29. The Balaban J connectivity index is 1.68. The highest BCUT2D eigenvalue weighted by Gasteiger charge is 2.23. The topological polar surface area (TPSA) is 44.1 Å². The van der Waals surface area contributed by atoms with Crippen molar-refractivity contribution in [2.24, 2.45) is 0 Å². The van der Waals surface area contributed by atoms with E-state index in [0.29, 0.717) is 23.5 Å². The minimum atomic E-state index is -0.296. The molecule has 4 nitrogen and oxygen atoms in total. The van der Waals surface area contributed by atoms with Gasteiger partial charge >= 0.3 is 0 Å². The van der Waals surface area contributed by atoms with Gasteiger partial charge in [-0.3, -0.25) is 4.79 Å². The number of ketones is 1. The van der Waals surface area contributed by atoms with Crippen LogP contribution >= 0.6 is 0 Å². The van der Waals surface area contributed by atoms with Crippen LogP contribution in [-0.2, 0) is 6.61 Å². The van der Waals surface area contributed by atoms with Crippen LogP contribution in [0.5, 0.6) is 5.75 Å². The number of hydrogen-bond donors (Lipinski definition) is 0. The van der Waals surface area contributed by atoms with E-state index >= 15 is 0 Å². The lowest BCUT2D eigenvalue weighted by atomic mass is 9.97. The number of nitrogens with zero attached hydrogens (tertiary/aromatic N) is 2. The molecule has 0 saturated heterocycles. The van der Waals surface area contributed by atoms with Crippen LogP contribution in [0.2, 0.25) is 0 Å². The number of rotatable bonds is 1. The first-order valence-electron chi connectivity index (χ1n) is 8.24. The van der Waals surface area contributed by atoms with E-state index in [4.69, 9.17) is 4.74 Å². The maximum absolute atomic E-state index is 13.2. The summed E-state index contributed by atoms with van der Waals surface area (Å²) < 4.78 is 20.8. The molecule has 0 spiro atoms. The molecule has 0 radical (unpaired) electrons. The number of halogens is 1. The van der Waals surface area contributed by atoms with Gasteiger partial charge in [-0.15, -0.1) is 0 Å². The molecule has 26 heavy (non-hydrogen) atoms. The first-order valence-corrected chi connectivity index (χ1v) is 8.24. The average Bonchev–Trinajstić information content (AvgIpc) is 3.02. The van der Waals surface area contributed by atoms with Crippen LogP contribution in [0, 0.1) is 5.82 Å². The summed E-state index contributed by atoms with van der Waals surface area (Å²) in [5.41, 5.74) is 3.60. The molecule has 5 heteroatoms. The van der Waals surface area contributed by atoms with Crippen molar-refractivity contribution in [3.8, 4) is 11.4 Å². The Bertz CT molecular complexity index is 1160. The summed E-state index contributed by atoms with van der Waals surface area (Å²) in [6.07, 6.45) is 1.71. The van der Waals surface area contributed by atoms with E-state index < -0.39 is 0 Å². The Morgan fingerprint density at radius 3 is 2.65 bits per heavy atom. The second-order valence-electron chi connectivity index (χ2n) is 6.21. The third kappa shape index (κ3) is 2.21. The van der Waals surface area contributed by atoms with E-state index in [1.165, 1.54) is 12.1 Å². The second kappa shape index (κ2) is 5.52. The summed E-state index contributed by atoms with van der Waals surface area (Å²) in [5.74, 6) is 0.248. The number of carbonyl (C=O) groups is 1. The number of fused-ring (bicyclic) bond motifs is 3. The number of hydrogen-bond acceptors (Lipinski definition) is 3. The maximum Gasteiger partial charge on any atom is 0.197 e. The lowest BCUT2D eigenvalue weighted by molar-refractivity contribution is 0.103. The molecule has 1 aliphatic rings. The van der Waals surface area contributed by atoms with Crippen LogP contribution in [0.25, 0.3) is 16.6 Å². The zero-order chi connectivity index (χ0) is 17.7. The van der Waals surface area contributed by atoms with Crippen molar-refractivity contribution in [1.29, 1.82) is 0 Å². The van der Waals surface area contributed by atoms with E-state index in [1.807, 2.05) is 24.3 Å². The van der Waals surface area contributed by atoms with Gasteiger partial charge in [-0.1, -0.05) is 12.1 Å². The Morgan fingerprint density at radius 1 is 1.00 bits per heavy atom. The van der Waals surface area contributed by atoms with Crippen molar-refractivity contribution in [3.63, 3.8) is 0 Å². The van der Waals surface area contributed by atoms with Gasteiger partial charge in [0.1, 0.15) is 18.2 Å². The standard InChI is InChI=1S/C21H13FN2O2/c22-15-5-7-16(8-6-15)24-19-10-14-12-26-20-4-2-1-3-17(20)21(25)18(14)9-13(19)11-23-24/h1-11H,12H2. The first kappa shape index (κ1) is 14.8. The molecule has 0 unspecified atom stereocenters. The van der Waals surface area contributed by atoms with Crippen molar-refractivity contribution >= 4 is 16.7 Å². The van der Waals surface area contributed by atoms with E-state index in [-0.39, 0.29) is 11.6 Å². The van der Waals surface area contributed by atoms with Crippen molar-refractivity contribution < 1.29 is 13.9 Å². The van der Waals surface area contributed by atoms with E-state index in [9.17, 15) is 9.18 Å². The van der Waals surface area contributed by atoms with Gasteiger partial charge in [0, 0.05) is 16.5 Å². The van der Waals surface area contributed by atoms with E-state index in [2.05, 4.69) is 5.10 Å². The highest BCUT2D eigenvalue weighted by molar-refractivity contribution is 6.13. The summed E-state index contributed by atoms with van der Waals surface area (Å²) in [4.78, 5) is 12.9. The van der Waals surface area contributed by atoms with Crippen LogP contribution in [0.1, 0.15) is 21.5 Å². The number of aromatic nitrogens is 2. The summed E-state index contributed by atoms with van der Waals surface area (Å²) in [5, 5.41) is 5.25. The summed E-state index contributed by atoms with van der Waals surface area (Å²) in [6, 6.07) is 17.2. The molecule has 0 bridgehead atoms. The van der Waals surface area contributed by atoms with Gasteiger partial charge in [0.15, 0.2) is 5.78 Å². The highest BCUT2D eigenvalue weighted by atomic mass is 19.1. The molecular weight excluding hydrogens is 331 g/mol. The third-order valence-corrected chi connectivity index (χ3v) is 4.62. The Kier molecular flexibility index (Phi) is 3.15. The largest absolute Gasteiger partial charge is 0.488 e. The molecule has 0 fully saturated rings. The Labute approximate surface area is 148 Å². The SMILES string of the molecule is O=C1c2cc3cnn(-c4ccc(F)cc4)c3cc2COc2ccccc21. The molecule has 0 aliphatic carbocycles. The van der Waals surface area contributed by atoms with E-state index in [0.717, 1.165) is 22.2 Å². The Morgan fingerprint density at radius 2 is 1.81 bits per heavy atom. The van der Waals surface area contributed by atoms with Crippen molar-refractivity contribution in [3.05, 3.63) is 89.4 Å². The number of carbonyl (C=O) groups excluding carboxylic acids is 1. The molecule has 0 N–H and O–H groups in total. The molecule has 5 rings (SSSR count). The third-order valence-electron chi connectivity index (χ3n) is 4.62. The van der Waals surface area contributed by atoms with Gasteiger partial charge in [-0.2, -0.15) is 5.10 Å². The average molecular weight is 344 g/mol. The highest BCUT2D eigenvalue weighted by Crippen LogP contribution is 2.31. The zero-order valence-electron chi connectivity index (χ0n) is 13.6. The fraction of sp³-hybridized carbons (Fsp3) is 0.0476. The van der Waals surface area contributed by atoms with Crippen LogP contribution < -0.4 is 4.74 Å². The lowest BCUT2D eigenvalue weighted by Crippen LogP contribution is -2.03. The fourth-order valence-corrected chi connectivity index (χ4v) is 3.32. The van der Waals surface area contributed by atoms with Gasteiger partial charge in [-0.05, 0) is 48.5 Å². The van der Waals surface area contributed by atoms with Gasteiger partial charge in [-0.25, -0.2) is 9.07 Å². The van der Waals surface area contributed by atoms with Gasteiger partial charge in [0.25, 0.3) is 0 Å². The molecule has 2 heterocycles. The molecule has 1 aliphatic heterocycles. The minimum absolute atomic E-state index is 0.0514. The molecular formula is C21H13FN2O2. The molecule has 4 aromatic rings. The molecule has 0 atom stereocenters. The molecule has 3 aromatic carbocycles. The molecule has 0 amide bonds. The van der Waals surface area contributed by atoms with Crippen LogP contribution in [0.15, 0.2) is 66.9 Å². The molecule has 0 saturated carbocycles. The first-order chi connectivity index (χ1) is 12.7. The Hall–Kier alpha value is -3.47. The van der Waals surface area contributed by atoms with Gasteiger partial charge < -0.3 is 4.74 Å². The summed E-state index contributed by atoms with van der Waals surface area (Å²) in [6.45, 7) is 0.308. The fourth-order valence-electron chi connectivity index (χ4n) is 3.32. The van der Waals surface area contributed by atoms with Crippen molar-refractivity contribution in [2.75, 3.05) is 0 Å². The van der Waals surface area contributed by atoms with Crippen molar-refractivity contribution in [1.82, 2.24) is 9.78 Å². The van der Waals surface area contributed by atoms with Crippen LogP contribution in [0.3, 0.4) is 0 Å². The van der Waals surface area contributed by atoms with Gasteiger partial charge in [0.2, 0.25) is 0 Å². The minimum Gasteiger partial charge on any atom is -0.488 e. The molecule has 126 valence electrons. The smallest absolute Gasteiger partial charge is 0.197 e. The summed E-state index contributed by atoms with van der Waals surface area (Å²) >= 11 is 0. The predicted molar refractivity (Wildman–Crippen MR) is 95.2 cm³/mol. The number of benzene rings is 3. The number of para-hydroxylation sites is 1. The van der Waals surface area contributed by atoms with E-state index in [1.54, 1.807) is 35.1 Å². The maximum atomic E-state index is 13.2. The zero-order valence-corrected chi connectivity index (χ0v) is 13.6. The monoisotopic (exact) mass is 344 g/mol. The lowest BCUT2D eigenvalue weighted by Gasteiger charge is -2.08. The second-order valence-corrected chi connectivity index (χ2v) is 6.21. The van der Waals surface area contributed by atoms with Crippen LogP contribution in [-0.4, -0.2) is 15.6 Å². The normalized spacial score (nSPS) is 13.0. The quantitative estimate of drug-likeness (QED) is 0.517. The number of ether oxygens (including phenoxy) is 1. The molecule has 1 aromatic heterocycles. The summed E-state index contributed by atoms with van der Waals surface area (Å²) in [7, 11) is 0. The van der Waals surface area contributed by atoms with Gasteiger partial charge in [0.05, 0.1) is 23.0 Å². The van der Waals surface area contributed by atoms with Crippen LogP contribution in [0.4, 0.5) is 4.39 Å². The van der Waals surface area contributed by atoms with Crippen molar-refractivity contribution in [2.45, 2.75) is 6.61 Å².